The van der Waals surface area contributed by atoms with Gasteiger partial charge in [-0.2, -0.15) is 9.57 Å². The molecule has 3 rings (SSSR count). The highest BCUT2D eigenvalue weighted by molar-refractivity contribution is 7.89. The van der Waals surface area contributed by atoms with Gasteiger partial charge < -0.3 is 0 Å². The topological polar surface area (TPSA) is 64.4 Å². The average Bonchev–Trinajstić information content (AvgIpc) is 2.55. The minimum Gasteiger partial charge on any atom is -0.288 e. The zero-order chi connectivity index (χ0) is 15.6. The molecule has 0 amide bonds. The monoisotopic (exact) mass is 319 g/mol. The quantitative estimate of drug-likeness (QED) is 0.790. The molecule has 1 aromatic rings. The van der Waals surface area contributed by atoms with E-state index in [1.54, 1.807) is 10.4 Å². The second-order valence-electron chi connectivity index (χ2n) is 5.98. The Balaban J connectivity index is 1.77. The standard InChI is InChI=1S/C16H21N3O2S/c17-7-8-18-9-11-19(12-10-18)22(20,21)16-6-5-14-3-1-2-4-15(14)13-16/h5-6,13H,1-4,8-12H2. The molecule has 0 atom stereocenters. The zero-order valence-electron chi connectivity index (χ0n) is 12.7. The molecule has 0 spiro atoms. The Morgan fingerprint density at radius 1 is 1.05 bits per heavy atom. The van der Waals surface area contributed by atoms with Crippen molar-refractivity contribution >= 4 is 10.0 Å². The number of hydrogen-bond donors (Lipinski definition) is 0. The van der Waals surface area contributed by atoms with E-state index in [0.29, 0.717) is 37.6 Å². The van der Waals surface area contributed by atoms with Gasteiger partial charge in [0.25, 0.3) is 0 Å². The van der Waals surface area contributed by atoms with Crippen molar-refractivity contribution in [1.82, 2.24) is 9.21 Å². The smallest absolute Gasteiger partial charge is 0.243 e. The van der Waals surface area contributed by atoms with Crippen molar-refractivity contribution in [2.75, 3.05) is 32.7 Å². The summed E-state index contributed by atoms with van der Waals surface area (Å²) in [5.41, 5.74) is 2.49. The molecule has 118 valence electrons. The summed E-state index contributed by atoms with van der Waals surface area (Å²) in [5, 5.41) is 8.71. The number of nitriles is 1. The van der Waals surface area contributed by atoms with Crippen molar-refractivity contribution in [3.63, 3.8) is 0 Å². The highest BCUT2D eigenvalue weighted by atomic mass is 32.2. The van der Waals surface area contributed by atoms with E-state index in [1.165, 1.54) is 17.5 Å². The summed E-state index contributed by atoms with van der Waals surface area (Å²) in [5.74, 6) is 0. The molecular weight excluding hydrogens is 298 g/mol. The van der Waals surface area contributed by atoms with Crippen molar-refractivity contribution < 1.29 is 8.42 Å². The first kappa shape index (κ1) is 15.5. The fourth-order valence-electron chi connectivity index (χ4n) is 3.25. The number of sulfonamides is 1. The van der Waals surface area contributed by atoms with E-state index in [0.717, 1.165) is 19.3 Å². The largest absolute Gasteiger partial charge is 0.288 e. The van der Waals surface area contributed by atoms with E-state index < -0.39 is 10.0 Å². The van der Waals surface area contributed by atoms with Crippen LogP contribution in [0.25, 0.3) is 0 Å². The lowest BCUT2D eigenvalue weighted by atomic mass is 9.92. The normalized spacial score (nSPS) is 20.3. The molecule has 1 heterocycles. The van der Waals surface area contributed by atoms with Crippen LogP contribution in [0.3, 0.4) is 0 Å². The van der Waals surface area contributed by atoms with Crippen molar-refractivity contribution in [1.29, 1.82) is 5.26 Å². The molecule has 5 nitrogen and oxygen atoms in total. The van der Waals surface area contributed by atoms with Crippen LogP contribution in [0.15, 0.2) is 23.1 Å². The fourth-order valence-corrected chi connectivity index (χ4v) is 4.72. The third-order valence-corrected chi connectivity index (χ3v) is 6.48. The van der Waals surface area contributed by atoms with Gasteiger partial charge in [-0.15, -0.1) is 0 Å². The third-order valence-electron chi connectivity index (χ3n) is 4.58. The highest BCUT2D eigenvalue weighted by Crippen LogP contribution is 2.26. The molecule has 1 aliphatic carbocycles. The van der Waals surface area contributed by atoms with Gasteiger partial charge in [0, 0.05) is 26.2 Å². The Kier molecular flexibility index (Phi) is 4.48. The summed E-state index contributed by atoms with van der Waals surface area (Å²) in [4.78, 5) is 2.40. The summed E-state index contributed by atoms with van der Waals surface area (Å²) in [6.45, 7) is 2.53. The molecule has 0 saturated carbocycles. The Bertz CT molecular complexity index is 686. The molecule has 0 N–H and O–H groups in total. The van der Waals surface area contributed by atoms with Gasteiger partial charge in [0.1, 0.15) is 0 Å². The van der Waals surface area contributed by atoms with E-state index in [1.807, 2.05) is 17.0 Å². The maximum absolute atomic E-state index is 12.8. The summed E-state index contributed by atoms with van der Waals surface area (Å²) < 4.78 is 27.1. The second kappa shape index (κ2) is 6.37. The number of benzene rings is 1. The Labute approximate surface area is 132 Å². The third kappa shape index (κ3) is 3.02. The maximum Gasteiger partial charge on any atom is 0.243 e. The molecule has 0 bridgehead atoms. The lowest BCUT2D eigenvalue weighted by molar-refractivity contribution is 0.206. The van der Waals surface area contributed by atoms with Gasteiger partial charge in [-0.1, -0.05) is 6.07 Å². The first-order valence-electron chi connectivity index (χ1n) is 7.82. The van der Waals surface area contributed by atoms with E-state index >= 15 is 0 Å². The van der Waals surface area contributed by atoms with Crippen molar-refractivity contribution in [3.05, 3.63) is 29.3 Å². The van der Waals surface area contributed by atoms with Crippen LogP contribution in [-0.2, 0) is 22.9 Å². The van der Waals surface area contributed by atoms with Gasteiger partial charge in [-0.05, 0) is 48.9 Å². The first-order chi connectivity index (χ1) is 10.6. The lowest BCUT2D eigenvalue weighted by Gasteiger charge is -2.32. The van der Waals surface area contributed by atoms with Crippen molar-refractivity contribution in [2.24, 2.45) is 0 Å². The molecular formula is C16H21N3O2S. The van der Waals surface area contributed by atoms with Crippen LogP contribution < -0.4 is 0 Å². The number of fused-ring (bicyclic) bond motifs is 1. The van der Waals surface area contributed by atoms with Crippen LogP contribution in [0.5, 0.6) is 0 Å². The molecule has 22 heavy (non-hydrogen) atoms. The van der Waals surface area contributed by atoms with Gasteiger partial charge in [0.15, 0.2) is 0 Å². The summed E-state index contributed by atoms with van der Waals surface area (Å²) in [7, 11) is -3.41. The van der Waals surface area contributed by atoms with Crippen molar-refractivity contribution in [3.8, 4) is 6.07 Å². The average molecular weight is 319 g/mol. The summed E-state index contributed by atoms with van der Waals surface area (Å²) >= 11 is 0. The van der Waals surface area contributed by atoms with Gasteiger partial charge in [0.2, 0.25) is 10.0 Å². The molecule has 0 aromatic heterocycles. The van der Waals surface area contributed by atoms with E-state index in [2.05, 4.69) is 6.07 Å². The molecule has 6 heteroatoms. The van der Waals surface area contributed by atoms with E-state index in [9.17, 15) is 8.42 Å². The SMILES string of the molecule is N#CCN1CCN(S(=O)(=O)c2ccc3c(c2)CCCC3)CC1. The van der Waals surface area contributed by atoms with Gasteiger partial charge in [-0.25, -0.2) is 8.42 Å². The summed E-state index contributed by atoms with van der Waals surface area (Å²) in [6.07, 6.45) is 4.38. The van der Waals surface area contributed by atoms with Crippen molar-refractivity contribution in [2.45, 2.75) is 30.6 Å². The fraction of sp³-hybridized carbons (Fsp3) is 0.562. The minimum absolute atomic E-state index is 0.368. The van der Waals surface area contributed by atoms with Crippen LogP contribution in [0, 0.1) is 11.3 Å². The van der Waals surface area contributed by atoms with Crippen LogP contribution in [0.2, 0.25) is 0 Å². The van der Waals surface area contributed by atoms with E-state index in [-0.39, 0.29) is 0 Å². The lowest BCUT2D eigenvalue weighted by Crippen LogP contribution is -2.48. The van der Waals surface area contributed by atoms with Gasteiger partial charge in [0.05, 0.1) is 17.5 Å². The molecule has 0 radical (unpaired) electrons. The molecule has 1 fully saturated rings. The van der Waals surface area contributed by atoms with Gasteiger partial charge >= 0.3 is 0 Å². The van der Waals surface area contributed by atoms with Crippen LogP contribution in [0.1, 0.15) is 24.0 Å². The predicted molar refractivity (Wildman–Crippen MR) is 83.9 cm³/mol. The van der Waals surface area contributed by atoms with Gasteiger partial charge in [-0.3, -0.25) is 4.90 Å². The number of nitrogens with zero attached hydrogens (tertiary/aromatic N) is 3. The highest BCUT2D eigenvalue weighted by Gasteiger charge is 2.29. The molecule has 1 aromatic carbocycles. The second-order valence-corrected chi connectivity index (χ2v) is 7.91. The molecule has 1 saturated heterocycles. The van der Waals surface area contributed by atoms with Crippen LogP contribution in [-0.4, -0.2) is 50.3 Å². The number of piperazine rings is 1. The number of rotatable bonds is 3. The van der Waals surface area contributed by atoms with E-state index in [4.69, 9.17) is 5.26 Å². The number of hydrogen-bond acceptors (Lipinski definition) is 4. The zero-order valence-corrected chi connectivity index (χ0v) is 13.5. The Morgan fingerprint density at radius 3 is 2.41 bits per heavy atom. The molecule has 2 aliphatic rings. The number of aryl methyl sites for hydroxylation is 2. The Hall–Kier alpha value is -1.42. The summed E-state index contributed by atoms with van der Waals surface area (Å²) in [6, 6.07) is 7.71. The maximum atomic E-state index is 12.8. The van der Waals surface area contributed by atoms with Crippen LogP contribution >= 0.6 is 0 Å². The first-order valence-corrected chi connectivity index (χ1v) is 9.26. The molecule has 0 unspecified atom stereocenters. The van der Waals surface area contributed by atoms with Crippen LogP contribution in [0.4, 0.5) is 0 Å². The molecule has 1 aliphatic heterocycles. The minimum atomic E-state index is -3.41. The Morgan fingerprint density at radius 2 is 1.73 bits per heavy atom. The predicted octanol–water partition coefficient (Wildman–Crippen LogP) is 1.40.